The van der Waals surface area contributed by atoms with Gasteiger partial charge in [-0.2, -0.15) is 5.10 Å². The standard InChI is InChI=1S/C23H25N3O5/c1-4-29-19-13-15(14-20(30-5-2)22(19)31-6-3)23(28)24-17-10-8-7-9-16(17)18-11-12-21(27)26-25-18/h7-14H,4-6H2,1-3H3,(H,24,28)(H,26,27). The van der Waals surface area contributed by atoms with Crippen LogP contribution in [0.1, 0.15) is 31.1 Å². The number of ether oxygens (including phenoxy) is 3. The number of benzene rings is 2. The molecule has 0 radical (unpaired) electrons. The highest BCUT2D eigenvalue weighted by molar-refractivity contribution is 6.06. The molecule has 1 amide bonds. The highest BCUT2D eigenvalue weighted by Crippen LogP contribution is 2.39. The SMILES string of the molecule is CCOc1cc(C(=O)Nc2ccccc2-c2ccc(=O)[nH]n2)cc(OCC)c1OCC. The summed E-state index contributed by atoms with van der Waals surface area (Å²) in [7, 11) is 0. The van der Waals surface area contributed by atoms with E-state index in [4.69, 9.17) is 14.2 Å². The summed E-state index contributed by atoms with van der Waals surface area (Å²) in [6.07, 6.45) is 0. The highest BCUT2D eigenvalue weighted by atomic mass is 16.5. The Balaban J connectivity index is 1.97. The van der Waals surface area contributed by atoms with Crippen LogP contribution in [0.3, 0.4) is 0 Å². The van der Waals surface area contributed by atoms with Gasteiger partial charge >= 0.3 is 0 Å². The number of aromatic nitrogens is 2. The van der Waals surface area contributed by atoms with Crippen molar-refractivity contribution in [2.24, 2.45) is 0 Å². The van der Waals surface area contributed by atoms with Crippen LogP contribution < -0.4 is 25.1 Å². The predicted molar refractivity (Wildman–Crippen MR) is 118 cm³/mol. The minimum Gasteiger partial charge on any atom is -0.490 e. The van der Waals surface area contributed by atoms with Gasteiger partial charge in [0.25, 0.3) is 11.5 Å². The Kier molecular flexibility index (Phi) is 7.26. The fraction of sp³-hybridized carbons (Fsp3) is 0.261. The number of nitrogens with zero attached hydrogens (tertiary/aromatic N) is 1. The molecule has 0 saturated heterocycles. The maximum atomic E-state index is 13.1. The van der Waals surface area contributed by atoms with Gasteiger partial charge in [0.05, 0.1) is 31.2 Å². The lowest BCUT2D eigenvalue weighted by molar-refractivity contribution is 0.102. The average Bonchev–Trinajstić information content (AvgIpc) is 2.77. The number of amides is 1. The largest absolute Gasteiger partial charge is 0.490 e. The molecular weight excluding hydrogens is 398 g/mol. The molecule has 3 aromatic rings. The lowest BCUT2D eigenvalue weighted by Crippen LogP contribution is -2.14. The third-order valence-electron chi connectivity index (χ3n) is 4.30. The number of nitrogens with one attached hydrogen (secondary N) is 2. The van der Waals surface area contributed by atoms with Gasteiger partial charge in [0.1, 0.15) is 0 Å². The van der Waals surface area contributed by atoms with E-state index in [1.54, 1.807) is 30.3 Å². The van der Waals surface area contributed by atoms with Crippen LogP contribution in [0, 0.1) is 0 Å². The van der Waals surface area contributed by atoms with Gasteiger partial charge in [0.2, 0.25) is 5.75 Å². The summed E-state index contributed by atoms with van der Waals surface area (Å²) in [5.74, 6) is 1.01. The van der Waals surface area contributed by atoms with Crippen molar-refractivity contribution < 1.29 is 19.0 Å². The summed E-state index contributed by atoms with van der Waals surface area (Å²) < 4.78 is 17.1. The zero-order chi connectivity index (χ0) is 22.2. The van der Waals surface area contributed by atoms with Crippen LogP contribution in [0.15, 0.2) is 53.3 Å². The van der Waals surface area contributed by atoms with Crippen LogP contribution >= 0.6 is 0 Å². The van der Waals surface area contributed by atoms with Gasteiger partial charge in [0, 0.05) is 17.2 Å². The molecule has 1 aromatic heterocycles. The minimum atomic E-state index is -0.346. The molecule has 3 rings (SSSR count). The highest BCUT2D eigenvalue weighted by Gasteiger charge is 2.19. The number of hydrogen-bond donors (Lipinski definition) is 2. The van der Waals surface area contributed by atoms with Crippen LogP contribution in [-0.2, 0) is 0 Å². The van der Waals surface area contributed by atoms with Crippen LogP contribution in [0.2, 0.25) is 0 Å². The molecule has 0 aliphatic carbocycles. The molecule has 2 aromatic carbocycles. The lowest BCUT2D eigenvalue weighted by Gasteiger charge is -2.17. The van der Waals surface area contributed by atoms with Crippen molar-refractivity contribution in [1.82, 2.24) is 10.2 Å². The van der Waals surface area contributed by atoms with Crippen molar-refractivity contribution >= 4 is 11.6 Å². The number of carbonyl (C=O) groups excluding carboxylic acids is 1. The number of rotatable bonds is 9. The molecule has 0 fully saturated rings. The van der Waals surface area contributed by atoms with Gasteiger partial charge in [-0.25, -0.2) is 5.10 Å². The van der Waals surface area contributed by atoms with E-state index in [9.17, 15) is 9.59 Å². The lowest BCUT2D eigenvalue weighted by atomic mass is 10.1. The summed E-state index contributed by atoms with van der Waals surface area (Å²) in [5.41, 5.74) is 1.82. The Hall–Kier alpha value is -3.81. The Labute approximate surface area is 180 Å². The summed E-state index contributed by atoms with van der Waals surface area (Å²) in [6.45, 7) is 6.85. The van der Waals surface area contributed by atoms with E-state index in [0.717, 1.165) is 0 Å². The predicted octanol–water partition coefficient (Wildman–Crippen LogP) is 3.89. The second kappa shape index (κ2) is 10.3. The monoisotopic (exact) mass is 423 g/mol. The topological polar surface area (TPSA) is 103 Å². The second-order valence-corrected chi connectivity index (χ2v) is 6.41. The Morgan fingerprint density at radius 1 is 0.935 bits per heavy atom. The van der Waals surface area contributed by atoms with Gasteiger partial charge < -0.3 is 19.5 Å². The maximum absolute atomic E-state index is 13.1. The third kappa shape index (κ3) is 5.22. The normalized spacial score (nSPS) is 10.4. The fourth-order valence-electron chi connectivity index (χ4n) is 3.02. The van der Waals surface area contributed by atoms with Crippen molar-refractivity contribution in [3.8, 4) is 28.5 Å². The van der Waals surface area contributed by atoms with Crippen LogP contribution in [-0.4, -0.2) is 35.9 Å². The van der Waals surface area contributed by atoms with E-state index in [1.807, 2.05) is 32.9 Å². The van der Waals surface area contributed by atoms with E-state index >= 15 is 0 Å². The molecule has 0 aliphatic heterocycles. The Morgan fingerprint density at radius 2 is 1.58 bits per heavy atom. The van der Waals surface area contributed by atoms with E-state index in [1.165, 1.54) is 6.07 Å². The minimum absolute atomic E-state index is 0.299. The van der Waals surface area contributed by atoms with Crippen LogP contribution in [0.4, 0.5) is 5.69 Å². The molecule has 0 saturated carbocycles. The molecule has 0 bridgehead atoms. The van der Waals surface area contributed by atoms with E-state index in [2.05, 4.69) is 15.5 Å². The Morgan fingerprint density at radius 3 is 2.16 bits per heavy atom. The van der Waals surface area contributed by atoms with Crippen molar-refractivity contribution in [3.63, 3.8) is 0 Å². The van der Waals surface area contributed by atoms with Crippen LogP contribution in [0.25, 0.3) is 11.3 Å². The third-order valence-corrected chi connectivity index (χ3v) is 4.30. The molecule has 8 heteroatoms. The number of anilines is 1. The molecule has 0 spiro atoms. The van der Waals surface area contributed by atoms with E-state index in [0.29, 0.717) is 59.6 Å². The number of carbonyl (C=O) groups is 1. The molecule has 0 atom stereocenters. The first-order valence-electron chi connectivity index (χ1n) is 10.1. The zero-order valence-electron chi connectivity index (χ0n) is 17.7. The van der Waals surface area contributed by atoms with Gasteiger partial charge in [-0.3, -0.25) is 9.59 Å². The molecule has 2 N–H and O–H groups in total. The number of aromatic amines is 1. The summed E-state index contributed by atoms with van der Waals surface area (Å²) in [6, 6.07) is 13.5. The van der Waals surface area contributed by atoms with Gasteiger partial charge in [-0.1, -0.05) is 18.2 Å². The van der Waals surface area contributed by atoms with Crippen molar-refractivity contribution in [2.75, 3.05) is 25.1 Å². The van der Waals surface area contributed by atoms with Gasteiger partial charge in [-0.15, -0.1) is 0 Å². The molecule has 0 unspecified atom stereocenters. The second-order valence-electron chi connectivity index (χ2n) is 6.41. The molecule has 162 valence electrons. The quantitative estimate of drug-likeness (QED) is 0.541. The first-order valence-corrected chi connectivity index (χ1v) is 10.1. The molecule has 31 heavy (non-hydrogen) atoms. The first-order chi connectivity index (χ1) is 15.1. The summed E-state index contributed by atoms with van der Waals surface area (Å²) in [4.78, 5) is 24.4. The molecule has 8 nitrogen and oxygen atoms in total. The smallest absolute Gasteiger partial charge is 0.264 e. The van der Waals surface area contributed by atoms with Crippen molar-refractivity contribution in [2.45, 2.75) is 20.8 Å². The maximum Gasteiger partial charge on any atom is 0.264 e. The number of H-pyrrole nitrogens is 1. The fourth-order valence-corrected chi connectivity index (χ4v) is 3.02. The van der Waals surface area contributed by atoms with E-state index < -0.39 is 0 Å². The summed E-state index contributed by atoms with van der Waals surface area (Å²) in [5, 5.41) is 9.37. The Bertz CT molecular complexity index is 1060. The number of para-hydroxylation sites is 1. The molecular formula is C23H25N3O5. The zero-order valence-corrected chi connectivity index (χ0v) is 17.7. The molecule has 1 heterocycles. The first kappa shape index (κ1) is 21.9. The van der Waals surface area contributed by atoms with Crippen LogP contribution in [0.5, 0.6) is 17.2 Å². The van der Waals surface area contributed by atoms with Gasteiger partial charge in [0.15, 0.2) is 11.5 Å². The number of hydrogen-bond acceptors (Lipinski definition) is 6. The molecule has 0 aliphatic rings. The average molecular weight is 423 g/mol. The van der Waals surface area contributed by atoms with Crippen molar-refractivity contribution in [1.29, 1.82) is 0 Å². The van der Waals surface area contributed by atoms with Crippen molar-refractivity contribution in [3.05, 3.63) is 64.4 Å². The van der Waals surface area contributed by atoms with E-state index in [-0.39, 0.29) is 11.5 Å². The summed E-state index contributed by atoms with van der Waals surface area (Å²) >= 11 is 0. The van der Waals surface area contributed by atoms with Gasteiger partial charge in [-0.05, 0) is 45.0 Å².